The molecule has 5 heteroatoms. The van der Waals surface area contributed by atoms with Crippen molar-refractivity contribution in [3.8, 4) is 5.75 Å². The molecule has 20 heavy (non-hydrogen) atoms. The van der Waals surface area contributed by atoms with Gasteiger partial charge in [0.25, 0.3) is 0 Å². The summed E-state index contributed by atoms with van der Waals surface area (Å²) in [5.41, 5.74) is -0.780. The van der Waals surface area contributed by atoms with Crippen LogP contribution in [-0.2, 0) is 0 Å². The SMILES string of the molecule is Cc1c(F)c(F)cc(C=O)c1C(=O)Oc1ccccc1. The largest absolute Gasteiger partial charge is 0.423 e. The van der Waals surface area contributed by atoms with Crippen LogP contribution in [0.2, 0.25) is 0 Å². The van der Waals surface area contributed by atoms with Crippen LogP contribution in [0.4, 0.5) is 8.78 Å². The normalized spacial score (nSPS) is 10.2. The van der Waals surface area contributed by atoms with Gasteiger partial charge >= 0.3 is 5.97 Å². The second-order valence-electron chi connectivity index (χ2n) is 4.08. The van der Waals surface area contributed by atoms with E-state index in [1.165, 1.54) is 19.1 Å². The highest BCUT2D eigenvalue weighted by Gasteiger charge is 2.22. The van der Waals surface area contributed by atoms with Gasteiger partial charge in [-0.15, -0.1) is 0 Å². The Morgan fingerprint density at radius 3 is 2.45 bits per heavy atom. The van der Waals surface area contributed by atoms with Crippen molar-refractivity contribution in [3.63, 3.8) is 0 Å². The Morgan fingerprint density at radius 1 is 1.20 bits per heavy atom. The van der Waals surface area contributed by atoms with E-state index in [1.807, 2.05) is 0 Å². The molecule has 0 aliphatic heterocycles. The van der Waals surface area contributed by atoms with Gasteiger partial charge in [0.1, 0.15) is 5.75 Å². The minimum Gasteiger partial charge on any atom is -0.423 e. The van der Waals surface area contributed by atoms with E-state index in [2.05, 4.69) is 0 Å². The first-order chi connectivity index (χ1) is 9.54. The molecule has 3 nitrogen and oxygen atoms in total. The van der Waals surface area contributed by atoms with Gasteiger partial charge in [-0.3, -0.25) is 4.79 Å². The smallest absolute Gasteiger partial charge is 0.344 e. The summed E-state index contributed by atoms with van der Waals surface area (Å²) >= 11 is 0. The number of hydrogen-bond acceptors (Lipinski definition) is 3. The van der Waals surface area contributed by atoms with Crippen molar-refractivity contribution < 1.29 is 23.1 Å². The topological polar surface area (TPSA) is 43.4 Å². The van der Waals surface area contributed by atoms with E-state index in [0.717, 1.165) is 0 Å². The van der Waals surface area contributed by atoms with E-state index < -0.39 is 17.6 Å². The third-order valence-electron chi connectivity index (χ3n) is 2.77. The third kappa shape index (κ3) is 2.56. The number of hydrogen-bond donors (Lipinski definition) is 0. The summed E-state index contributed by atoms with van der Waals surface area (Å²) < 4.78 is 31.8. The van der Waals surface area contributed by atoms with Crippen LogP contribution in [0.25, 0.3) is 0 Å². The molecule has 0 aliphatic rings. The summed E-state index contributed by atoms with van der Waals surface area (Å²) in [5, 5.41) is 0. The molecule has 0 saturated heterocycles. The van der Waals surface area contributed by atoms with Crippen molar-refractivity contribution in [2.45, 2.75) is 6.92 Å². The average molecular weight is 276 g/mol. The maximum atomic E-state index is 13.5. The molecule has 2 aromatic carbocycles. The first kappa shape index (κ1) is 13.9. The Hall–Kier alpha value is -2.56. The van der Waals surface area contributed by atoms with Crippen LogP contribution in [0.15, 0.2) is 36.4 Å². The zero-order chi connectivity index (χ0) is 14.7. The molecule has 0 radical (unpaired) electrons. The lowest BCUT2D eigenvalue weighted by Gasteiger charge is -2.10. The van der Waals surface area contributed by atoms with E-state index in [4.69, 9.17) is 4.74 Å². The summed E-state index contributed by atoms with van der Waals surface area (Å²) in [6.07, 6.45) is 0.289. The van der Waals surface area contributed by atoms with Crippen molar-refractivity contribution in [2.75, 3.05) is 0 Å². The van der Waals surface area contributed by atoms with E-state index in [9.17, 15) is 18.4 Å². The monoisotopic (exact) mass is 276 g/mol. The van der Waals surface area contributed by atoms with Gasteiger partial charge < -0.3 is 4.74 Å². The summed E-state index contributed by atoms with van der Waals surface area (Å²) in [6.45, 7) is 1.22. The Kier molecular flexibility index (Phi) is 3.89. The van der Waals surface area contributed by atoms with Crippen molar-refractivity contribution in [3.05, 3.63) is 64.7 Å². The number of carbonyl (C=O) groups is 2. The molecule has 2 rings (SSSR count). The van der Waals surface area contributed by atoms with Crippen LogP contribution >= 0.6 is 0 Å². The second-order valence-corrected chi connectivity index (χ2v) is 4.08. The number of carbonyl (C=O) groups excluding carboxylic acids is 2. The van der Waals surface area contributed by atoms with E-state index in [-0.39, 0.29) is 28.7 Å². The first-order valence-corrected chi connectivity index (χ1v) is 5.75. The van der Waals surface area contributed by atoms with Crippen LogP contribution < -0.4 is 4.74 Å². The molecule has 0 amide bonds. The number of benzene rings is 2. The number of ether oxygens (including phenoxy) is 1. The third-order valence-corrected chi connectivity index (χ3v) is 2.77. The predicted molar refractivity (Wildman–Crippen MR) is 67.9 cm³/mol. The summed E-state index contributed by atoms with van der Waals surface area (Å²) in [5.74, 6) is -3.01. The van der Waals surface area contributed by atoms with Crippen LogP contribution in [0, 0.1) is 18.6 Å². The molecule has 0 fully saturated rings. The molecule has 0 aliphatic carbocycles. The van der Waals surface area contributed by atoms with Crippen LogP contribution in [-0.4, -0.2) is 12.3 Å². The fourth-order valence-corrected chi connectivity index (χ4v) is 1.79. The van der Waals surface area contributed by atoms with Crippen molar-refractivity contribution in [2.24, 2.45) is 0 Å². The van der Waals surface area contributed by atoms with Crippen molar-refractivity contribution in [1.82, 2.24) is 0 Å². The second kappa shape index (κ2) is 5.61. The number of halogens is 2. The minimum absolute atomic E-state index is 0.248. The molecule has 0 N–H and O–H groups in total. The molecule has 0 aromatic heterocycles. The average Bonchev–Trinajstić information content (AvgIpc) is 2.45. The fourth-order valence-electron chi connectivity index (χ4n) is 1.79. The lowest BCUT2D eigenvalue weighted by Crippen LogP contribution is -2.15. The summed E-state index contributed by atoms with van der Waals surface area (Å²) in [6, 6.07) is 8.79. The Bertz CT molecular complexity index is 667. The van der Waals surface area contributed by atoms with Gasteiger partial charge in [-0.05, 0) is 25.1 Å². The highest BCUT2D eigenvalue weighted by atomic mass is 19.2. The molecule has 0 spiro atoms. The van der Waals surface area contributed by atoms with Gasteiger partial charge in [0.15, 0.2) is 17.9 Å². The number of aldehydes is 1. The maximum absolute atomic E-state index is 13.5. The quantitative estimate of drug-likeness (QED) is 0.491. The Balaban J connectivity index is 2.44. The maximum Gasteiger partial charge on any atom is 0.344 e. The fraction of sp³-hybridized carbons (Fsp3) is 0.0667. The molecular weight excluding hydrogens is 266 g/mol. The van der Waals surface area contributed by atoms with Crippen LogP contribution in [0.3, 0.4) is 0 Å². The highest BCUT2D eigenvalue weighted by molar-refractivity contribution is 6.00. The van der Waals surface area contributed by atoms with E-state index in [0.29, 0.717) is 6.07 Å². The van der Waals surface area contributed by atoms with Gasteiger partial charge in [-0.2, -0.15) is 0 Å². The summed E-state index contributed by atoms with van der Waals surface area (Å²) in [4.78, 5) is 22.9. The van der Waals surface area contributed by atoms with E-state index >= 15 is 0 Å². The van der Waals surface area contributed by atoms with Gasteiger partial charge in [0.05, 0.1) is 5.56 Å². The lowest BCUT2D eigenvalue weighted by atomic mass is 10.0. The molecule has 102 valence electrons. The molecule has 0 heterocycles. The van der Waals surface area contributed by atoms with E-state index in [1.54, 1.807) is 18.2 Å². The molecule has 0 atom stereocenters. The number of para-hydroxylation sites is 1. The molecular formula is C15H10F2O3. The number of esters is 1. The minimum atomic E-state index is -1.18. The lowest BCUT2D eigenvalue weighted by molar-refractivity contribution is 0.0730. The molecule has 2 aromatic rings. The zero-order valence-electron chi connectivity index (χ0n) is 10.5. The predicted octanol–water partition coefficient (Wildman–Crippen LogP) is 3.30. The van der Waals surface area contributed by atoms with Crippen LogP contribution in [0.5, 0.6) is 5.75 Å². The van der Waals surface area contributed by atoms with Gasteiger partial charge in [-0.25, -0.2) is 13.6 Å². The van der Waals surface area contributed by atoms with Gasteiger partial charge in [0, 0.05) is 11.1 Å². The summed E-state index contributed by atoms with van der Waals surface area (Å²) in [7, 11) is 0. The van der Waals surface area contributed by atoms with Gasteiger partial charge in [0.2, 0.25) is 0 Å². The van der Waals surface area contributed by atoms with Gasteiger partial charge in [-0.1, -0.05) is 18.2 Å². The Labute approximate surface area is 113 Å². The Morgan fingerprint density at radius 2 is 1.85 bits per heavy atom. The standard InChI is InChI=1S/C15H10F2O3/c1-9-13(10(8-18)7-12(16)14(9)17)15(19)20-11-5-3-2-4-6-11/h2-8H,1H3. The molecule has 0 saturated carbocycles. The number of rotatable bonds is 3. The van der Waals surface area contributed by atoms with Crippen molar-refractivity contribution >= 4 is 12.3 Å². The molecule has 0 unspecified atom stereocenters. The zero-order valence-corrected chi connectivity index (χ0v) is 10.5. The molecule has 0 bridgehead atoms. The van der Waals surface area contributed by atoms with Crippen LogP contribution in [0.1, 0.15) is 26.3 Å². The first-order valence-electron chi connectivity index (χ1n) is 5.75. The highest BCUT2D eigenvalue weighted by Crippen LogP contribution is 2.22. The van der Waals surface area contributed by atoms with Crippen molar-refractivity contribution in [1.29, 1.82) is 0 Å².